The highest BCUT2D eigenvalue weighted by Gasteiger charge is 2.33. The van der Waals surface area contributed by atoms with Crippen LogP contribution >= 0.6 is 0 Å². The lowest BCUT2D eigenvalue weighted by Gasteiger charge is -2.33. The van der Waals surface area contributed by atoms with Gasteiger partial charge in [0.05, 0.1) is 13.2 Å². The number of piperidine rings is 1. The van der Waals surface area contributed by atoms with E-state index in [4.69, 9.17) is 9.84 Å². The first-order valence-electron chi connectivity index (χ1n) is 4.81. The molecule has 1 N–H and O–H groups in total. The molecule has 2 heterocycles. The highest BCUT2D eigenvalue weighted by Crippen LogP contribution is 2.28. The lowest BCUT2D eigenvalue weighted by atomic mass is 9.89. The predicted octanol–water partition coefficient (Wildman–Crippen LogP) is -0.0530. The van der Waals surface area contributed by atoms with Crippen molar-refractivity contribution in [3.63, 3.8) is 0 Å². The molecule has 3 heteroatoms. The van der Waals surface area contributed by atoms with Crippen LogP contribution in [0.2, 0.25) is 0 Å². The van der Waals surface area contributed by atoms with Gasteiger partial charge in [-0.3, -0.25) is 0 Å². The number of fused-ring (bicyclic) bond motifs is 1. The molecule has 2 rings (SSSR count). The fourth-order valence-corrected chi connectivity index (χ4v) is 2.28. The maximum Gasteiger partial charge on any atom is 0.0558 e. The third-order valence-corrected chi connectivity index (χ3v) is 3.06. The molecule has 0 radical (unpaired) electrons. The fourth-order valence-electron chi connectivity index (χ4n) is 2.28. The third-order valence-electron chi connectivity index (χ3n) is 3.06. The summed E-state index contributed by atoms with van der Waals surface area (Å²) >= 11 is 0. The van der Waals surface area contributed by atoms with Gasteiger partial charge in [0.1, 0.15) is 0 Å². The molecule has 70 valence electrons. The predicted molar refractivity (Wildman–Crippen MR) is 45.9 cm³/mol. The van der Waals surface area contributed by atoms with Gasteiger partial charge in [0, 0.05) is 25.6 Å². The molecule has 3 nitrogen and oxygen atoms in total. The highest BCUT2D eigenvalue weighted by molar-refractivity contribution is 4.83. The second-order valence-corrected chi connectivity index (χ2v) is 3.87. The molecule has 2 atom stereocenters. The first-order valence-corrected chi connectivity index (χ1v) is 4.81. The highest BCUT2D eigenvalue weighted by atomic mass is 16.5. The molecule has 2 saturated heterocycles. The van der Waals surface area contributed by atoms with Gasteiger partial charge >= 0.3 is 0 Å². The van der Waals surface area contributed by atoms with E-state index < -0.39 is 0 Å². The molecule has 0 amide bonds. The number of ether oxygens (including phenoxy) is 1. The van der Waals surface area contributed by atoms with Crippen LogP contribution in [-0.2, 0) is 4.74 Å². The van der Waals surface area contributed by atoms with E-state index in [2.05, 4.69) is 4.90 Å². The van der Waals surface area contributed by atoms with Gasteiger partial charge in [-0.1, -0.05) is 0 Å². The molecule has 0 aromatic heterocycles. The summed E-state index contributed by atoms with van der Waals surface area (Å²) in [5.74, 6) is 1.55. The Morgan fingerprint density at radius 1 is 1.33 bits per heavy atom. The molecule has 0 aromatic carbocycles. The fraction of sp³-hybridized carbons (Fsp3) is 1.00. The van der Waals surface area contributed by atoms with Crippen LogP contribution in [0.15, 0.2) is 0 Å². The second-order valence-electron chi connectivity index (χ2n) is 3.87. The van der Waals surface area contributed by atoms with E-state index >= 15 is 0 Å². The first kappa shape index (κ1) is 8.48. The molecule has 2 aliphatic heterocycles. The van der Waals surface area contributed by atoms with E-state index in [9.17, 15) is 0 Å². The Balaban J connectivity index is 1.84. The molecule has 0 unspecified atom stereocenters. The van der Waals surface area contributed by atoms with Crippen molar-refractivity contribution < 1.29 is 9.84 Å². The lowest BCUT2D eigenvalue weighted by molar-refractivity contribution is 0.121. The van der Waals surface area contributed by atoms with Gasteiger partial charge in [0.2, 0.25) is 0 Å². The SMILES string of the molecule is OCCN1CC[C@H]2COC[C@H]2C1. The van der Waals surface area contributed by atoms with Crippen LogP contribution in [0.3, 0.4) is 0 Å². The molecule has 2 aliphatic rings. The average Bonchev–Trinajstić information content (AvgIpc) is 2.51. The van der Waals surface area contributed by atoms with E-state index in [1.165, 1.54) is 6.42 Å². The van der Waals surface area contributed by atoms with Crippen LogP contribution in [0.25, 0.3) is 0 Å². The van der Waals surface area contributed by atoms with Crippen molar-refractivity contribution in [2.24, 2.45) is 11.8 Å². The molecule has 0 aromatic rings. The van der Waals surface area contributed by atoms with Crippen LogP contribution in [0.4, 0.5) is 0 Å². The number of aliphatic hydroxyl groups is 1. The number of rotatable bonds is 2. The van der Waals surface area contributed by atoms with Crippen LogP contribution in [0.1, 0.15) is 6.42 Å². The third kappa shape index (κ3) is 1.63. The summed E-state index contributed by atoms with van der Waals surface area (Å²) in [6, 6.07) is 0. The summed E-state index contributed by atoms with van der Waals surface area (Å²) in [7, 11) is 0. The van der Waals surface area contributed by atoms with Crippen molar-refractivity contribution in [3.05, 3.63) is 0 Å². The molecule has 2 fully saturated rings. The molecule has 0 bridgehead atoms. The average molecular weight is 171 g/mol. The minimum atomic E-state index is 0.290. The first-order chi connectivity index (χ1) is 5.90. The Kier molecular flexibility index (Phi) is 2.63. The Morgan fingerprint density at radius 2 is 2.17 bits per heavy atom. The molecule has 0 aliphatic carbocycles. The number of β-amino-alcohol motifs (C(OH)–C–C–N with tert-alkyl or cyclic N) is 1. The second kappa shape index (κ2) is 3.73. The van der Waals surface area contributed by atoms with Crippen LogP contribution in [0.5, 0.6) is 0 Å². The molecule has 12 heavy (non-hydrogen) atoms. The maximum atomic E-state index is 8.79. The summed E-state index contributed by atoms with van der Waals surface area (Å²) in [4.78, 5) is 2.34. The summed E-state index contributed by atoms with van der Waals surface area (Å²) in [6.07, 6.45) is 1.25. The quantitative estimate of drug-likeness (QED) is 0.632. The van der Waals surface area contributed by atoms with Crippen LogP contribution in [0, 0.1) is 11.8 Å². The van der Waals surface area contributed by atoms with Gasteiger partial charge < -0.3 is 14.7 Å². The smallest absolute Gasteiger partial charge is 0.0558 e. The molecule has 0 spiro atoms. The number of likely N-dealkylation sites (tertiary alicyclic amines) is 1. The standard InChI is InChI=1S/C9H17NO2/c11-4-3-10-2-1-8-6-12-7-9(8)5-10/h8-9,11H,1-7H2/t8-,9+/m0/s1. The zero-order valence-corrected chi connectivity index (χ0v) is 7.41. The van der Waals surface area contributed by atoms with E-state index in [1.54, 1.807) is 0 Å². The number of hydrogen-bond acceptors (Lipinski definition) is 3. The van der Waals surface area contributed by atoms with Crippen molar-refractivity contribution in [1.29, 1.82) is 0 Å². The number of hydrogen-bond donors (Lipinski definition) is 1. The van der Waals surface area contributed by atoms with E-state index in [-0.39, 0.29) is 6.61 Å². The van der Waals surface area contributed by atoms with Gasteiger partial charge in [-0.2, -0.15) is 0 Å². The van der Waals surface area contributed by atoms with Gasteiger partial charge in [-0.15, -0.1) is 0 Å². The van der Waals surface area contributed by atoms with Crippen LogP contribution < -0.4 is 0 Å². The van der Waals surface area contributed by atoms with E-state index in [1.807, 2.05) is 0 Å². The topological polar surface area (TPSA) is 32.7 Å². The largest absolute Gasteiger partial charge is 0.395 e. The minimum absolute atomic E-state index is 0.290. The summed E-state index contributed by atoms with van der Waals surface area (Å²) in [5.41, 5.74) is 0. The molecular formula is C9H17NO2. The molecular weight excluding hydrogens is 154 g/mol. The maximum absolute atomic E-state index is 8.79. The van der Waals surface area contributed by atoms with Gasteiger partial charge in [0.25, 0.3) is 0 Å². The van der Waals surface area contributed by atoms with E-state index in [0.29, 0.717) is 0 Å². The Labute approximate surface area is 73.3 Å². The molecule has 0 saturated carbocycles. The van der Waals surface area contributed by atoms with Gasteiger partial charge in [-0.05, 0) is 18.9 Å². The minimum Gasteiger partial charge on any atom is -0.395 e. The van der Waals surface area contributed by atoms with Crippen molar-refractivity contribution >= 4 is 0 Å². The van der Waals surface area contributed by atoms with Gasteiger partial charge in [-0.25, -0.2) is 0 Å². The van der Waals surface area contributed by atoms with Crippen molar-refractivity contribution in [2.45, 2.75) is 6.42 Å². The zero-order valence-electron chi connectivity index (χ0n) is 7.41. The van der Waals surface area contributed by atoms with Crippen LogP contribution in [-0.4, -0.2) is 49.5 Å². The number of nitrogens with zero attached hydrogens (tertiary/aromatic N) is 1. The van der Waals surface area contributed by atoms with Crippen molar-refractivity contribution in [3.8, 4) is 0 Å². The Morgan fingerprint density at radius 3 is 3.00 bits per heavy atom. The van der Waals surface area contributed by atoms with Gasteiger partial charge in [0.15, 0.2) is 0 Å². The van der Waals surface area contributed by atoms with Crippen molar-refractivity contribution in [1.82, 2.24) is 4.90 Å². The lowest BCUT2D eigenvalue weighted by Crippen LogP contribution is -2.41. The zero-order chi connectivity index (χ0) is 8.39. The van der Waals surface area contributed by atoms with E-state index in [0.717, 1.165) is 44.7 Å². The summed E-state index contributed by atoms with van der Waals surface area (Å²) in [6.45, 7) is 5.31. The number of aliphatic hydroxyl groups excluding tert-OH is 1. The monoisotopic (exact) mass is 171 g/mol. The Hall–Kier alpha value is -0.120. The normalized spacial score (nSPS) is 36.8. The Bertz CT molecular complexity index is 151. The summed E-state index contributed by atoms with van der Waals surface area (Å²) in [5, 5.41) is 8.79. The van der Waals surface area contributed by atoms with Crippen molar-refractivity contribution in [2.75, 3.05) is 39.5 Å². The summed E-state index contributed by atoms with van der Waals surface area (Å²) < 4.78 is 5.43.